The number of benzene rings is 2. The van der Waals surface area contributed by atoms with Gasteiger partial charge in [-0.05, 0) is 42.8 Å². The molecule has 4 rings (SSSR count). The molecule has 0 aliphatic carbocycles. The Bertz CT molecular complexity index is 984. The number of hydrogen-bond acceptors (Lipinski definition) is 3. The van der Waals surface area contributed by atoms with Crippen molar-refractivity contribution < 1.29 is 8.98 Å². The second kappa shape index (κ2) is 5.87. The van der Waals surface area contributed by atoms with E-state index in [4.69, 9.17) is 4.42 Å². The number of thioether (sulfide) groups is 1. The summed E-state index contributed by atoms with van der Waals surface area (Å²) in [5.74, 6) is 0.840. The van der Waals surface area contributed by atoms with E-state index in [0.29, 0.717) is 0 Å². The number of rotatable bonds is 2. The molecule has 2 aromatic carbocycles. The van der Waals surface area contributed by atoms with Crippen molar-refractivity contribution in [3.8, 4) is 0 Å². The van der Waals surface area contributed by atoms with Gasteiger partial charge in [-0.3, -0.25) is 0 Å². The van der Waals surface area contributed by atoms with Crippen molar-refractivity contribution in [3.05, 3.63) is 71.1 Å². The van der Waals surface area contributed by atoms with Crippen molar-refractivity contribution in [1.29, 1.82) is 0 Å². The van der Waals surface area contributed by atoms with Gasteiger partial charge in [0.05, 0.1) is 16.8 Å². The molecule has 3 aromatic rings. The van der Waals surface area contributed by atoms with E-state index in [2.05, 4.69) is 59.9 Å². The number of oxazole rings is 1. The highest BCUT2D eigenvalue weighted by atomic mass is 32.2. The van der Waals surface area contributed by atoms with E-state index >= 15 is 0 Å². The lowest BCUT2D eigenvalue weighted by atomic mass is 10.2. The van der Waals surface area contributed by atoms with Crippen molar-refractivity contribution in [2.45, 2.75) is 11.8 Å². The smallest absolute Gasteiger partial charge is 0.373 e. The van der Waals surface area contributed by atoms with Gasteiger partial charge in [-0.2, -0.15) is 4.57 Å². The summed E-state index contributed by atoms with van der Waals surface area (Å²) in [5, 5.41) is 1.21. The van der Waals surface area contributed by atoms with Gasteiger partial charge in [-0.25, -0.2) is 0 Å². The van der Waals surface area contributed by atoms with Crippen LogP contribution in [0.1, 0.15) is 11.5 Å². The van der Waals surface area contributed by atoms with Crippen LogP contribution in [0.4, 0.5) is 5.69 Å². The fraction of sp³-hybridized carbons (Fsp3) is 0.150. The molecule has 0 radical (unpaired) electrons. The Labute approximate surface area is 145 Å². The number of aromatic nitrogens is 1. The van der Waals surface area contributed by atoms with Crippen molar-refractivity contribution in [1.82, 2.24) is 0 Å². The zero-order valence-electron chi connectivity index (χ0n) is 14.0. The molecule has 3 nitrogen and oxygen atoms in total. The zero-order chi connectivity index (χ0) is 16.7. The number of nitrogens with zero attached hydrogens (tertiary/aromatic N) is 2. The van der Waals surface area contributed by atoms with Gasteiger partial charge in [0.15, 0.2) is 0 Å². The fourth-order valence-corrected chi connectivity index (χ4v) is 3.94. The summed E-state index contributed by atoms with van der Waals surface area (Å²) in [4.78, 5) is 3.53. The molecule has 1 aliphatic heterocycles. The van der Waals surface area contributed by atoms with Crippen LogP contribution in [0, 0.1) is 6.92 Å². The minimum absolute atomic E-state index is 0.840. The second-order valence-corrected chi connectivity index (χ2v) is 7.03. The Kier molecular flexibility index (Phi) is 3.69. The lowest BCUT2D eigenvalue weighted by Crippen LogP contribution is -2.29. The molecule has 0 N–H and O–H groups in total. The predicted molar refractivity (Wildman–Crippen MR) is 99.9 cm³/mol. The summed E-state index contributed by atoms with van der Waals surface area (Å²) in [6, 6.07) is 14.6. The van der Waals surface area contributed by atoms with E-state index in [0.717, 1.165) is 17.0 Å². The summed E-state index contributed by atoms with van der Waals surface area (Å²) in [6.07, 6.45) is 6.19. The molecule has 1 aliphatic rings. The van der Waals surface area contributed by atoms with Crippen LogP contribution in [0.25, 0.3) is 17.2 Å². The van der Waals surface area contributed by atoms with E-state index in [9.17, 15) is 0 Å². The van der Waals surface area contributed by atoms with Crippen LogP contribution in [-0.4, -0.2) is 7.05 Å². The maximum absolute atomic E-state index is 5.89. The Balaban J connectivity index is 1.61. The molecule has 0 unspecified atom stereocenters. The molecule has 1 aromatic heterocycles. The monoisotopic (exact) mass is 335 g/mol. The van der Waals surface area contributed by atoms with Gasteiger partial charge in [0.2, 0.25) is 5.58 Å². The Morgan fingerprint density at radius 3 is 2.83 bits per heavy atom. The van der Waals surface area contributed by atoms with Crippen LogP contribution in [0.5, 0.6) is 0 Å². The quantitative estimate of drug-likeness (QED) is 0.635. The largest absolute Gasteiger partial charge is 0.398 e. The highest BCUT2D eigenvalue weighted by Crippen LogP contribution is 2.45. The minimum Gasteiger partial charge on any atom is -0.398 e. The lowest BCUT2D eigenvalue weighted by Gasteiger charge is -2.13. The summed E-state index contributed by atoms with van der Waals surface area (Å²) in [6.45, 7) is 2.13. The van der Waals surface area contributed by atoms with Crippen LogP contribution in [0.15, 0.2) is 69.0 Å². The second-order valence-electron chi connectivity index (χ2n) is 5.96. The molecule has 120 valence electrons. The van der Waals surface area contributed by atoms with Gasteiger partial charge < -0.3 is 9.32 Å². The van der Waals surface area contributed by atoms with Crippen molar-refractivity contribution >= 4 is 34.6 Å². The van der Waals surface area contributed by atoms with Crippen molar-refractivity contribution in [3.63, 3.8) is 0 Å². The summed E-state index contributed by atoms with van der Waals surface area (Å²) in [7, 11) is 4.13. The van der Waals surface area contributed by atoms with E-state index in [1.807, 2.05) is 31.3 Å². The summed E-state index contributed by atoms with van der Waals surface area (Å²) < 4.78 is 7.96. The number of para-hydroxylation sites is 2. The van der Waals surface area contributed by atoms with Crippen LogP contribution < -0.4 is 9.47 Å². The predicted octanol–water partition coefficient (Wildman–Crippen LogP) is 4.66. The third-order valence-corrected chi connectivity index (χ3v) is 5.45. The molecule has 0 fully saturated rings. The number of anilines is 1. The normalized spacial score (nSPS) is 15.8. The minimum atomic E-state index is 0.840. The molecule has 2 heterocycles. The summed E-state index contributed by atoms with van der Waals surface area (Å²) >= 11 is 1.80. The van der Waals surface area contributed by atoms with E-state index in [-0.39, 0.29) is 0 Å². The number of hydrogen-bond donors (Lipinski definition) is 0. The van der Waals surface area contributed by atoms with E-state index < -0.39 is 0 Å². The van der Waals surface area contributed by atoms with Gasteiger partial charge in [0, 0.05) is 18.0 Å². The first-order valence-corrected chi connectivity index (χ1v) is 8.73. The molecule has 0 saturated carbocycles. The van der Waals surface area contributed by atoms with Crippen LogP contribution in [0.2, 0.25) is 0 Å². The first kappa shape index (κ1) is 15.1. The van der Waals surface area contributed by atoms with Gasteiger partial charge in [-0.1, -0.05) is 30.0 Å². The van der Waals surface area contributed by atoms with Crippen LogP contribution in [0.3, 0.4) is 0 Å². The SMILES string of the molecule is Cc1ccc2c(c1)N(C)/C(=C/C=C/c1oc3ccccc3[n+]1C)S2. The maximum atomic E-state index is 5.89. The Hall–Kier alpha value is -2.46. The summed E-state index contributed by atoms with van der Waals surface area (Å²) in [5.41, 5.74) is 4.56. The molecule has 24 heavy (non-hydrogen) atoms. The van der Waals surface area contributed by atoms with Crippen molar-refractivity contribution in [2.75, 3.05) is 11.9 Å². The van der Waals surface area contributed by atoms with Crippen molar-refractivity contribution in [2.24, 2.45) is 7.05 Å². The average molecular weight is 335 g/mol. The van der Waals surface area contributed by atoms with Crippen LogP contribution >= 0.6 is 11.8 Å². The molecule has 4 heteroatoms. The third kappa shape index (κ3) is 2.53. The lowest BCUT2D eigenvalue weighted by molar-refractivity contribution is -0.652. The molecule has 0 bridgehead atoms. The first-order valence-electron chi connectivity index (χ1n) is 7.91. The third-order valence-electron chi connectivity index (χ3n) is 4.27. The first-order chi connectivity index (χ1) is 11.6. The van der Waals surface area contributed by atoms with Gasteiger partial charge in [0.1, 0.15) is 7.05 Å². The molecule has 0 amide bonds. The Morgan fingerprint density at radius 2 is 2.00 bits per heavy atom. The Morgan fingerprint density at radius 1 is 1.17 bits per heavy atom. The topological polar surface area (TPSA) is 20.3 Å². The standard InChI is InChI=1S/C20H19N2OS/c1-14-11-12-18-16(13-14)22(3)20(24-18)10-6-9-19-21(2)15-7-4-5-8-17(15)23-19/h4-13H,1-3H3/q+1. The highest BCUT2D eigenvalue weighted by Gasteiger charge is 2.21. The fourth-order valence-electron chi connectivity index (χ4n) is 2.90. The molecule has 0 spiro atoms. The zero-order valence-corrected chi connectivity index (χ0v) is 14.8. The van der Waals surface area contributed by atoms with E-state index in [1.54, 1.807) is 11.8 Å². The molecule has 0 saturated heterocycles. The average Bonchev–Trinajstić information content (AvgIpc) is 3.07. The molecule has 0 atom stereocenters. The van der Waals surface area contributed by atoms with Gasteiger partial charge >= 0.3 is 5.89 Å². The van der Waals surface area contributed by atoms with Gasteiger partial charge in [-0.15, -0.1) is 0 Å². The number of fused-ring (bicyclic) bond motifs is 2. The number of allylic oxidation sites excluding steroid dienone is 2. The van der Waals surface area contributed by atoms with E-state index in [1.165, 1.54) is 21.2 Å². The molecular weight excluding hydrogens is 316 g/mol. The number of aryl methyl sites for hydroxylation is 2. The van der Waals surface area contributed by atoms with Crippen LogP contribution in [-0.2, 0) is 7.05 Å². The molecular formula is C20H19N2OS+. The highest BCUT2D eigenvalue weighted by molar-refractivity contribution is 8.03. The van der Waals surface area contributed by atoms with Gasteiger partial charge in [0.25, 0.3) is 5.52 Å². The maximum Gasteiger partial charge on any atom is 0.373 e.